The zero-order valence-electron chi connectivity index (χ0n) is 6.29. The van der Waals surface area contributed by atoms with Gasteiger partial charge in [0.2, 0.25) is 0 Å². The van der Waals surface area contributed by atoms with Crippen molar-refractivity contribution in [1.29, 1.82) is 0 Å². The van der Waals surface area contributed by atoms with E-state index in [1.54, 1.807) is 0 Å². The zero-order valence-corrected chi connectivity index (χ0v) is 6.29. The van der Waals surface area contributed by atoms with E-state index < -0.39 is 4.65 Å². The molecule has 2 N–H and O–H groups in total. The molecule has 1 atom stereocenters. The van der Waals surface area contributed by atoms with Crippen molar-refractivity contribution in [1.82, 2.24) is 0 Å². The summed E-state index contributed by atoms with van der Waals surface area (Å²) in [6.45, 7) is 0.532. The maximum absolute atomic E-state index is 11.1. The van der Waals surface area contributed by atoms with Gasteiger partial charge < -0.3 is 20.1 Å². The molecule has 0 aromatic heterocycles. The molecular weight excluding hydrogens is 134 g/mol. The Kier molecular flexibility index (Phi) is 4.55. The Bertz CT molecular complexity index is 85.1. The van der Waals surface area contributed by atoms with Crippen molar-refractivity contribution < 1.29 is 14.9 Å². The van der Waals surface area contributed by atoms with Crippen molar-refractivity contribution in [3.63, 3.8) is 0 Å². The van der Waals surface area contributed by atoms with Crippen molar-refractivity contribution in [3.8, 4) is 0 Å². The number of quaternary nitrogens is 1. The second-order valence-electron chi connectivity index (χ2n) is 2.54. The standard InChI is InChI=1S/C6H15NO3/c1-7(10,4-6-9)3-2-5-8/h8-9H,2-6H2,1H3. The van der Waals surface area contributed by atoms with Crippen LogP contribution in [0.25, 0.3) is 0 Å². The van der Waals surface area contributed by atoms with E-state index in [0.717, 1.165) is 0 Å². The normalized spacial score (nSPS) is 16.8. The van der Waals surface area contributed by atoms with Crippen LogP contribution >= 0.6 is 0 Å². The van der Waals surface area contributed by atoms with Crippen LogP contribution in [0, 0.1) is 5.21 Å². The van der Waals surface area contributed by atoms with Crippen molar-refractivity contribution in [3.05, 3.63) is 5.21 Å². The summed E-state index contributed by atoms with van der Waals surface area (Å²) in [4.78, 5) is 0. The maximum Gasteiger partial charge on any atom is 0.102 e. The van der Waals surface area contributed by atoms with Gasteiger partial charge >= 0.3 is 0 Å². The van der Waals surface area contributed by atoms with Crippen molar-refractivity contribution >= 4 is 0 Å². The van der Waals surface area contributed by atoms with E-state index in [2.05, 4.69) is 0 Å². The van der Waals surface area contributed by atoms with Crippen molar-refractivity contribution in [2.45, 2.75) is 6.42 Å². The molecule has 4 heteroatoms. The van der Waals surface area contributed by atoms with Gasteiger partial charge in [-0.15, -0.1) is 0 Å². The van der Waals surface area contributed by atoms with E-state index in [0.29, 0.717) is 13.0 Å². The molecule has 0 aliphatic heterocycles. The molecule has 0 aliphatic rings. The van der Waals surface area contributed by atoms with Gasteiger partial charge in [0.15, 0.2) is 0 Å². The molecule has 0 amide bonds. The van der Waals surface area contributed by atoms with Crippen LogP contribution in [0.5, 0.6) is 0 Å². The van der Waals surface area contributed by atoms with Gasteiger partial charge in [-0.25, -0.2) is 0 Å². The molecule has 0 aromatic carbocycles. The molecule has 0 fully saturated rings. The first-order chi connectivity index (χ1) is 4.62. The fraction of sp³-hybridized carbons (Fsp3) is 1.00. The molecule has 0 saturated carbocycles. The predicted molar refractivity (Wildman–Crippen MR) is 38.1 cm³/mol. The number of hydroxylamine groups is 3. The number of likely N-dealkylation sites (N-methyl/N-ethyl adjacent to an activating group) is 1. The van der Waals surface area contributed by atoms with E-state index in [4.69, 9.17) is 10.2 Å². The lowest BCUT2D eigenvalue weighted by atomic mass is 10.4. The van der Waals surface area contributed by atoms with E-state index in [-0.39, 0.29) is 19.8 Å². The summed E-state index contributed by atoms with van der Waals surface area (Å²) in [6.07, 6.45) is 0.500. The van der Waals surface area contributed by atoms with Gasteiger partial charge in [0, 0.05) is 13.0 Å². The average molecular weight is 149 g/mol. The molecule has 0 saturated heterocycles. The monoisotopic (exact) mass is 149 g/mol. The molecule has 0 aliphatic carbocycles. The van der Waals surface area contributed by atoms with Crippen molar-refractivity contribution in [2.24, 2.45) is 0 Å². The summed E-state index contributed by atoms with van der Waals surface area (Å²) in [5.41, 5.74) is 0. The molecule has 0 bridgehead atoms. The van der Waals surface area contributed by atoms with Crippen LogP contribution in [0.2, 0.25) is 0 Å². The predicted octanol–water partition coefficient (Wildman–Crippen LogP) is -0.695. The zero-order chi connectivity index (χ0) is 8.04. The van der Waals surface area contributed by atoms with Gasteiger partial charge in [0.05, 0.1) is 20.2 Å². The van der Waals surface area contributed by atoms with Crippen LogP contribution in [0.4, 0.5) is 0 Å². The van der Waals surface area contributed by atoms with E-state index >= 15 is 0 Å². The lowest BCUT2D eigenvalue weighted by molar-refractivity contribution is -0.861. The molecular formula is C6H15NO3. The third kappa shape index (κ3) is 4.69. The Morgan fingerprint density at radius 1 is 1.20 bits per heavy atom. The minimum absolute atomic E-state index is 0.0432. The summed E-state index contributed by atoms with van der Waals surface area (Å²) < 4.78 is -0.461. The highest BCUT2D eigenvalue weighted by molar-refractivity contribution is 4.38. The molecule has 62 valence electrons. The third-order valence-corrected chi connectivity index (χ3v) is 1.36. The van der Waals surface area contributed by atoms with Crippen molar-refractivity contribution in [2.75, 3.05) is 33.4 Å². The fourth-order valence-corrected chi connectivity index (χ4v) is 0.729. The van der Waals surface area contributed by atoms with E-state index in [1.807, 2.05) is 0 Å². The minimum Gasteiger partial charge on any atom is -0.633 e. The Morgan fingerprint density at radius 2 is 1.80 bits per heavy atom. The van der Waals surface area contributed by atoms with E-state index in [1.165, 1.54) is 7.05 Å². The molecule has 0 heterocycles. The topological polar surface area (TPSA) is 63.5 Å². The maximum atomic E-state index is 11.1. The molecule has 0 spiro atoms. The van der Waals surface area contributed by atoms with Gasteiger partial charge in [0.25, 0.3) is 0 Å². The molecule has 0 radical (unpaired) electrons. The van der Waals surface area contributed by atoms with Gasteiger partial charge in [-0.1, -0.05) is 0 Å². The quantitative estimate of drug-likeness (QED) is 0.401. The molecule has 1 unspecified atom stereocenters. The largest absolute Gasteiger partial charge is 0.633 e. The average Bonchev–Trinajstić information content (AvgIpc) is 1.84. The highest BCUT2D eigenvalue weighted by Crippen LogP contribution is 1.98. The summed E-state index contributed by atoms with van der Waals surface area (Å²) in [6, 6.07) is 0. The SMILES string of the molecule is C[N+]([O-])(CCO)CCCO. The summed E-state index contributed by atoms with van der Waals surface area (Å²) in [7, 11) is 1.49. The Balaban J connectivity index is 3.42. The highest BCUT2D eigenvalue weighted by Gasteiger charge is 2.06. The molecule has 0 aromatic rings. The summed E-state index contributed by atoms with van der Waals surface area (Å²) in [5, 5.41) is 27.9. The number of hydrogen-bond acceptors (Lipinski definition) is 3. The van der Waals surface area contributed by atoms with Crippen LogP contribution < -0.4 is 0 Å². The molecule has 10 heavy (non-hydrogen) atoms. The van der Waals surface area contributed by atoms with Crippen LogP contribution in [0.3, 0.4) is 0 Å². The van der Waals surface area contributed by atoms with E-state index in [9.17, 15) is 5.21 Å². The Labute approximate surface area is 60.9 Å². The van der Waals surface area contributed by atoms with Gasteiger partial charge in [-0.3, -0.25) is 0 Å². The second kappa shape index (κ2) is 4.62. The first kappa shape index (κ1) is 9.84. The van der Waals surface area contributed by atoms with Crippen LogP contribution in [-0.2, 0) is 0 Å². The number of aliphatic hydroxyl groups excluding tert-OH is 2. The van der Waals surface area contributed by atoms with Gasteiger partial charge in [-0.05, 0) is 0 Å². The first-order valence-corrected chi connectivity index (χ1v) is 3.39. The smallest absolute Gasteiger partial charge is 0.102 e. The second-order valence-corrected chi connectivity index (χ2v) is 2.54. The van der Waals surface area contributed by atoms with Gasteiger partial charge in [0.1, 0.15) is 6.54 Å². The number of nitrogens with zero attached hydrogens (tertiary/aromatic N) is 1. The minimum atomic E-state index is -0.461. The highest BCUT2D eigenvalue weighted by atomic mass is 16.5. The lowest BCUT2D eigenvalue weighted by Crippen LogP contribution is -2.41. The summed E-state index contributed by atoms with van der Waals surface area (Å²) >= 11 is 0. The third-order valence-electron chi connectivity index (χ3n) is 1.36. The fourth-order valence-electron chi connectivity index (χ4n) is 0.729. The molecule has 4 nitrogen and oxygen atoms in total. The Morgan fingerprint density at radius 3 is 2.20 bits per heavy atom. The number of aliphatic hydroxyl groups is 2. The molecule has 0 rings (SSSR count). The van der Waals surface area contributed by atoms with Gasteiger partial charge in [-0.2, -0.15) is 0 Å². The number of rotatable bonds is 5. The number of hydrogen-bond donors (Lipinski definition) is 2. The van der Waals surface area contributed by atoms with Crippen LogP contribution in [0.15, 0.2) is 0 Å². The lowest BCUT2D eigenvalue weighted by Gasteiger charge is -2.37. The van der Waals surface area contributed by atoms with Crippen LogP contribution in [-0.4, -0.2) is 48.2 Å². The van der Waals surface area contributed by atoms with Crippen LogP contribution in [0.1, 0.15) is 6.42 Å². The first-order valence-electron chi connectivity index (χ1n) is 3.39. The summed E-state index contributed by atoms with van der Waals surface area (Å²) in [5.74, 6) is 0. The Hall–Kier alpha value is -0.160.